The zero-order valence-electron chi connectivity index (χ0n) is 4.24. The highest BCUT2D eigenvalue weighted by atomic mass is 32.1. The van der Waals surface area contributed by atoms with Crippen LogP contribution in [-0.2, 0) is 4.79 Å². The second-order valence-electron chi connectivity index (χ2n) is 1.75. The Morgan fingerprint density at radius 2 is 1.57 bits per heavy atom. The summed E-state index contributed by atoms with van der Waals surface area (Å²) in [6.07, 6.45) is 3.97. The number of Topliss-reactive ketones (excluding diaryl/α,β-unsaturated/α-hetero) is 1. The van der Waals surface area contributed by atoms with Crippen molar-refractivity contribution in [2.24, 2.45) is 0 Å². The van der Waals surface area contributed by atoms with Crippen molar-refractivity contribution in [1.82, 2.24) is 0 Å². The Bertz CT molecular complexity index is 62.5. The van der Waals surface area contributed by atoms with Crippen LogP contribution in [0.1, 0.15) is 25.7 Å². The van der Waals surface area contributed by atoms with Crippen LogP contribution in [0.15, 0.2) is 0 Å². The molecule has 1 aliphatic carbocycles. The molecule has 1 fully saturated rings. The van der Waals surface area contributed by atoms with Gasteiger partial charge in [-0.15, -0.1) is 0 Å². The summed E-state index contributed by atoms with van der Waals surface area (Å²) in [6, 6.07) is 0. The third kappa shape index (κ3) is 1.97. The van der Waals surface area contributed by atoms with Crippen LogP contribution in [0.4, 0.5) is 0 Å². The molecule has 1 aliphatic rings. The minimum absolute atomic E-state index is 0. The molecule has 0 unspecified atom stereocenters. The third-order valence-corrected chi connectivity index (χ3v) is 1.16. The van der Waals surface area contributed by atoms with Crippen LogP contribution in [0, 0.1) is 0 Å². The Labute approximate surface area is 50.5 Å². The van der Waals surface area contributed by atoms with Gasteiger partial charge >= 0.3 is 0 Å². The lowest BCUT2D eigenvalue weighted by Crippen LogP contribution is -1.81. The summed E-state index contributed by atoms with van der Waals surface area (Å²) >= 11 is 0. The van der Waals surface area contributed by atoms with E-state index in [2.05, 4.69) is 0 Å². The fraction of sp³-hybridized carbons (Fsp3) is 0.800. The van der Waals surface area contributed by atoms with E-state index in [-0.39, 0.29) is 13.5 Å². The maximum absolute atomic E-state index is 10.2. The molecule has 1 nitrogen and oxygen atoms in total. The Morgan fingerprint density at radius 3 is 1.71 bits per heavy atom. The second kappa shape index (κ2) is 3.08. The predicted octanol–water partition coefficient (Wildman–Crippen LogP) is 1.24. The molecule has 0 N–H and O–H groups in total. The molecule has 0 radical (unpaired) electrons. The highest BCUT2D eigenvalue weighted by molar-refractivity contribution is 7.59. The Hall–Kier alpha value is 0.0200. The monoisotopic (exact) mass is 118 g/mol. The van der Waals surface area contributed by atoms with Crippen molar-refractivity contribution in [2.75, 3.05) is 0 Å². The molecule has 0 amide bonds. The van der Waals surface area contributed by atoms with Gasteiger partial charge in [0.25, 0.3) is 0 Å². The normalized spacial score (nSPS) is 19.1. The highest BCUT2D eigenvalue weighted by Crippen LogP contribution is 2.11. The molecule has 7 heavy (non-hydrogen) atoms. The van der Waals surface area contributed by atoms with E-state index in [0.29, 0.717) is 5.78 Å². The first-order valence-electron chi connectivity index (χ1n) is 2.41. The van der Waals surface area contributed by atoms with Gasteiger partial charge in [0.1, 0.15) is 5.78 Å². The molecular formula is C5H10OS. The molecule has 2 heteroatoms. The van der Waals surface area contributed by atoms with Crippen LogP contribution in [-0.4, -0.2) is 5.78 Å². The molecular weight excluding hydrogens is 108 g/mol. The highest BCUT2D eigenvalue weighted by Gasteiger charge is 2.07. The third-order valence-electron chi connectivity index (χ3n) is 1.16. The van der Waals surface area contributed by atoms with Gasteiger partial charge < -0.3 is 0 Å². The van der Waals surface area contributed by atoms with Crippen molar-refractivity contribution in [1.29, 1.82) is 0 Å². The van der Waals surface area contributed by atoms with E-state index in [1.54, 1.807) is 0 Å². The zero-order chi connectivity index (χ0) is 4.41. The van der Waals surface area contributed by atoms with Crippen LogP contribution in [0.5, 0.6) is 0 Å². The standard InChI is InChI=1S/C5H8O.H2S/c6-5-3-1-2-4-5;/h1-4H2;1H2. The SMILES string of the molecule is O=C1CCCC1.S. The molecule has 0 heterocycles. The van der Waals surface area contributed by atoms with E-state index in [0.717, 1.165) is 25.7 Å². The molecule has 1 saturated carbocycles. The van der Waals surface area contributed by atoms with Gasteiger partial charge in [-0.05, 0) is 12.8 Å². The average molecular weight is 118 g/mol. The fourth-order valence-corrected chi connectivity index (χ4v) is 0.769. The number of ketones is 1. The first-order chi connectivity index (χ1) is 2.89. The van der Waals surface area contributed by atoms with E-state index < -0.39 is 0 Å². The molecule has 0 aromatic carbocycles. The lowest BCUT2D eigenvalue weighted by molar-refractivity contribution is -0.117. The van der Waals surface area contributed by atoms with Gasteiger partial charge in [0.05, 0.1) is 0 Å². The molecule has 0 aromatic rings. The smallest absolute Gasteiger partial charge is 0.132 e. The predicted molar refractivity (Wildman–Crippen MR) is 33.9 cm³/mol. The Morgan fingerprint density at radius 1 is 1.14 bits per heavy atom. The van der Waals surface area contributed by atoms with Crippen molar-refractivity contribution in [3.8, 4) is 0 Å². The van der Waals surface area contributed by atoms with Crippen LogP contribution in [0.2, 0.25) is 0 Å². The summed E-state index contributed by atoms with van der Waals surface area (Å²) in [7, 11) is 0. The molecule has 0 saturated heterocycles. The molecule has 0 aliphatic heterocycles. The van der Waals surface area contributed by atoms with Crippen molar-refractivity contribution in [3.05, 3.63) is 0 Å². The summed E-state index contributed by atoms with van der Waals surface area (Å²) in [5.74, 6) is 0.454. The summed E-state index contributed by atoms with van der Waals surface area (Å²) in [4.78, 5) is 10.2. The number of hydrogen-bond acceptors (Lipinski definition) is 1. The maximum atomic E-state index is 10.2. The molecule has 1 rings (SSSR count). The van der Waals surface area contributed by atoms with Gasteiger partial charge in [0.2, 0.25) is 0 Å². The van der Waals surface area contributed by atoms with Crippen LogP contribution in [0.3, 0.4) is 0 Å². The van der Waals surface area contributed by atoms with Gasteiger partial charge in [-0.1, -0.05) is 0 Å². The molecule has 0 bridgehead atoms. The quantitative estimate of drug-likeness (QED) is 0.467. The molecule has 42 valence electrons. The van der Waals surface area contributed by atoms with Gasteiger partial charge in [-0.3, -0.25) is 4.79 Å². The Kier molecular flexibility index (Phi) is 3.09. The van der Waals surface area contributed by atoms with E-state index >= 15 is 0 Å². The van der Waals surface area contributed by atoms with E-state index in [4.69, 9.17) is 0 Å². The van der Waals surface area contributed by atoms with Crippen LogP contribution >= 0.6 is 13.5 Å². The number of rotatable bonds is 0. The van der Waals surface area contributed by atoms with Gasteiger partial charge in [0.15, 0.2) is 0 Å². The summed E-state index contributed by atoms with van der Waals surface area (Å²) < 4.78 is 0. The van der Waals surface area contributed by atoms with Gasteiger partial charge in [-0.25, -0.2) is 0 Å². The zero-order valence-corrected chi connectivity index (χ0v) is 5.24. The number of carbonyl (C=O) groups is 1. The van der Waals surface area contributed by atoms with Crippen LogP contribution in [0.25, 0.3) is 0 Å². The largest absolute Gasteiger partial charge is 0.300 e. The summed E-state index contributed by atoms with van der Waals surface area (Å²) in [5.41, 5.74) is 0. The van der Waals surface area contributed by atoms with E-state index in [1.165, 1.54) is 0 Å². The number of carbonyl (C=O) groups excluding carboxylic acids is 1. The van der Waals surface area contributed by atoms with Crippen LogP contribution < -0.4 is 0 Å². The van der Waals surface area contributed by atoms with Crippen molar-refractivity contribution >= 4 is 19.3 Å². The summed E-state index contributed by atoms with van der Waals surface area (Å²) in [6.45, 7) is 0. The average Bonchev–Trinajstić information content (AvgIpc) is 1.86. The topological polar surface area (TPSA) is 17.1 Å². The fourth-order valence-electron chi connectivity index (χ4n) is 0.769. The van der Waals surface area contributed by atoms with Crippen molar-refractivity contribution < 1.29 is 4.79 Å². The second-order valence-corrected chi connectivity index (χ2v) is 1.75. The van der Waals surface area contributed by atoms with Gasteiger partial charge in [0, 0.05) is 12.8 Å². The molecule has 0 atom stereocenters. The summed E-state index contributed by atoms with van der Waals surface area (Å²) in [5, 5.41) is 0. The molecule has 0 aromatic heterocycles. The van der Waals surface area contributed by atoms with Gasteiger partial charge in [-0.2, -0.15) is 13.5 Å². The lowest BCUT2D eigenvalue weighted by Gasteiger charge is -1.71. The Balaban J connectivity index is 0.000000360. The minimum atomic E-state index is 0. The maximum Gasteiger partial charge on any atom is 0.132 e. The first kappa shape index (κ1) is 7.02. The minimum Gasteiger partial charge on any atom is -0.300 e. The van der Waals surface area contributed by atoms with Crippen molar-refractivity contribution in [2.45, 2.75) is 25.7 Å². The molecule has 0 spiro atoms. The number of hydrogen-bond donors (Lipinski definition) is 0. The van der Waals surface area contributed by atoms with E-state index in [1.807, 2.05) is 0 Å². The van der Waals surface area contributed by atoms with E-state index in [9.17, 15) is 4.79 Å². The lowest BCUT2D eigenvalue weighted by atomic mass is 10.4. The van der Waals surface area contributed by atoms with Crippen molar-refractivity contribution in [3.63, 3.8) is 0 Å². The first-order valence-corrected chi connectivity index (χ1v) is 2.41.